The molecule has 1 N–H and O–H groups in total. The van der Waals surface area contributed by atoms with Crippen LogP contribution < -0.4 is 4.74 Å². The first-order chi connectivity index (χ1) is 6.99. The van der Waals surface area contributed by atoms with E-state index in [0.717, 1.165) is 6.07 Å². The van der Waals surface area contributed by atoms with Crippen molar-refractivity contribution in [3.63, 3.8) is 0 Å². The fourth-order valence-corrected chi connectivity index (χ4v) is 1.74. The third kappa shape index (κ3) is 1.58. The zero-order valence-electron chi connectivity index (χ0n) is 7.98. The van der Waals surface area contributed by atoms with Crippen LogP contribution in [-0.2, 0) is 5.60 Å². The third-order valence-electron chi connectivity index (χ3n) is 2.53. The summed E-state index contributed by atoms with van der Waals surface area (Å²) in [6.07, 6.45) is 0.701. The summed E-state index contributed by atoms with van der Waals surface area (Å²) in [7, 11) is 1.27. The number of rotatable bonds is 2. The molecule has 0 aromatic heterocycles. The first-order valence-electron chi connectivity index (χ1n) is 4.44. The summed E-state index contributed by atoms with van der Waals surface area (Å²) in [5.74, 6) is -1.83. The van der Waals surface area contributed by atoms with Crippen molar-refractivity contribution < 1.29 is 18.6 Å². The Labute approximate surface area is 90.4 Å². The van der Waals surface area contributed by atoms with E-state index in [4.69, 9.17) is 16.3 Å². The van der Waals surface area contributed by atoms with Crippen molar-refractivity contribution >= 4 is 11.6 Å². The fraction of sp³-hybridized carbons (Fsp3) is 0.400. The smallest absolute Gasteiger partial charge is 0.154 e. The first kappa shape index (κ1) is 10.6. The Morgan fingerprint density at radius 3 is 2.53 bits per heavy atom. The van der Waals surface area contributed by atoms with Gasteiger partial charge in [-0.3, -0.25) is 0 Å². The maximum absolute atomic E-state index is 13.6. The minimum atomic E-state index is -1.38. The quantitative estimate of drug-likeness (QED) is 0.797. The minimum Gasteiger partial charge on any atom is -0.495 e. The molecule has 0 spiro atoms. The van der Waals surface area contributed by atoms with Crippen LogP contribution in [0.25, 0.3) is 0 Å². The van der Waals surface area contributed by atoms with Gasteiger partial charge in [0.25, 0.3) is 0 Å². The van der Waals surface area contributed by atoms with Crippen LogP contribution in [0.15, 0.2) is 6.07 Å². The monoisotopic (exact) mass is 234 g/mol. The molecular formula is C10H9ClF2O2. The average Bonchev–Trinajstić information content (AvgIpc) is 2.91. The van der Waals surface area contributed by atoms with Crippen LogP contribution in [0.1, 0.15) is 18.4 Å². The highest BCUT2D eigenvalue weighted by Gasteiger charge is 2.47. The summed E-state index contributed by atoms with van der Waals surface area (Å²) in [5, 5.41) is 9.37. The second kappa shape index (κ2) is 3.32. The Morgan fingerprint density at radius 2 is 2.07 bits per heavy atom. The van der Waals surface area contributed by atoms with Gasteiger partial charge in [-0.05, 0) is 12.8 Å². The number of halogens is 3. The molecule has 1 fully saturated rings. The molecular weight excluding hydrogens is 226 g/mol. The molecule has 0 radical (unpaired) electrons. The van der Waals surface area contributed by atoms with Gasteiger partial charge in [-0.1, -0.05) is 11.6 Å². The Kier molecular flexibility index (Phi) is 2.35. The van der Waals surface area contributed by atoms with Gasteiger partial charge in [0.2, 0.25) is 0 Å². The van der Waals surface area contributed by atoms with Gasteiger partial charge >= 0.3 is 0 Å². The van der Waals surface area contributed by atoms with Crippen molar-refractivity contribution in [2.75, 3.05) is 7.11 Å². The van der Waals surface area contributed by atoms with Crippen LogP contribution >= 0.6 is 11.6 Å². The van der Waals surface area contributed by atoms with Crippen molar-refractivity contribution in [3.05, 3.63) is 28.3 Å². The van der Waals surface area contributed by atoms with E-state index in [1.807, 2.05) is 0 Å². The summed E-state index contributed by atoms with van der Waals surface area (Å²) in [6, 6.07) is 0.983. The Bertz CT molecular complexity index is 416. The van der Waals surface area contributed by atoms with Gasteiger partial charge in [-0.15, -0.1) is 0 Å². The molecule has 0 aliphatic heterocycles. The van der Waals surface area contributed by atoms with Crippen molar-refractivity contribution in [3.8, 4) is 5.75 Å². The standard InChI is InChI=1S/C10H9ClF2O2/c1-15-6-4-5(12)7(9(13)8(6)11)10(14)2-3-10/h4,14H,2-3H2,1H3. The van der Waals surface area contributed by atoms with Crippen LogP contribution in [0.5, 0.6) is 5.75 Å². The molecule has 1 aromatic carbocycles. The molecule has 1 aromatic rings. The highest BCUT2D eigenvalue weighted by Crippen LogP contribution is 2.49. The first-order valence-corrected chi connectivity index (χ1v) is 4.82. The lowest BCUT2D eigenvalue weighted by Crippen LogP contribution is -2.11. The van der Waals surface area contributed by atoms with Crippen molar-refractivity contribution in [1.82, 2.24) is 0 Å². The maximum Gasteiger partial charge on any atom is 0.154 e. The molecule has 2 rings (SSSR count). The number of benzene rings is 1. The van der Waals surface area contributed by atoms with Crippen LogP contribution in [0.3, 0.4) is 0 Å². The third-order valence-corrected chi connectivity index (χ3v) is 2.89. The highest BCUT2D eigenvalue weighted by atomic mass is 35.5. The molecule has 0 amide bonds. The van der Waals surface area contributed by atoms with Crippen LogP contribution in [0, 0.1) is 11.6 Å². The normalized spacial score (nSPS) is 17.7. The average molecular weight is 235 g/mol. The SMILES string of the molecule is COc1cc(F)c(C2(O)CC2)c(F)c1Cl. The molecule has 1 aliphatic rings. The van der Waals surface area contributed by atoms with Gasteiger partial charge in [-0.25, -0.2) is 8.78 Å². The molecule has 5 heteroatoms. The predicted molar refractivity (Wildman–Crippen MR) is 51.1 cm³/mol. The Hall–Kier alpha value is -0.870. The van der Waals surface area contributed by atoms with E-state index in [-0.39, 0.29) is 16.3 Å². The van der Waals surface area contributed by atoms with E-state index >= 15 is 0 Å². The maximum atomic E-state index is 13.6. The number of hydrogen-bond acceptors (Lipinski definition) is 2. The van der Waals surface area contributed by atoms with Crippen molar-refractivity contribution in [2.45, 2.75) is 18.4 Å². The fourth-order valence-electron chi connectivity index (χ4n) is 1.52. The van der Waals surface area contributed by atoms with Gasteiger partial charge in [0, 0.05) is 6.07 Å². The lowest BCUT2D eigenvalue weighted by molar-refractivity contribution is 0.141. The number of ether oxygens (including phenoxy) is 1. The van der Waals surface area contributed by atoms with Crippen LogP contribution in [0.4, 0.5) is 8.78 Å². The van der Waals surface area contributed by atoms with E-state index in [1.165, 1.54) is 7.11 Å². The molecule has 1 saturated carbocycles. The largest absolute Gasteiger partial charge is 0.495 e. The lowest BCUT2D eigenvalue weighted by atomic mass is 10.1. The topological polar surface area (TPSA) is 29.5 Å². The number of hydrogen-bond donors (Lipinski definition) is 1. The molecule has 82 valence electrons. The molecule has 2 nitrogen and oxygen atoms in total. The summed E-state index contributed by atoms with van der Waals surface area (Å²) < 4.78 is 31.8. The van der Waals surface area contributed by atoms with Crippen LogP contribution in [0.2, 0.25) is 5.02 Å². The number of aliphatic hydroxyl groups is 1. The van der Waals surface area contributed by atoms with Crippen LogP contribution in [-0.4, -0.2) is 12.2 Å². The summed E-state index contributed by atoms with van der Waals surface area (Å²) in [4.78, 5) is 0. The molecule has 0 atom stereocenters. The molecule has 0 heterocycles. The Morgan fingerprint density at radius 1 is 1.47 bits per heavy atom. The van der Waals surface area contributed by atoms with E-state index in [9.17, 15) is 13.9 Å². The van der Waals surface area contributed by atoms with Gasteiger partial charge in [0.15, 0.2) is 5.82 Å². The van der Waals surface area contributed by atoms with Gasteiger partial charge in [0.05, 0.1) is 18.3 Å². The van der Waals surface area contributed by atoms with E-state index < -0.39 is 17.2 Å². The highest BCUT2D eigenvalue weighted by molar-refractivity contribution is 6.32. The summed E-state index contributed by atoms with van der Waals surface area (Å²) in [6.45, 7) is 0. The van der Waals surface area contributed by atoms with Crippen molar-refractivity contribution in [2.24, 2.45) is 0 Å². The van der Waals surface area contributed by atoms with E-state index in [1.54, 1.807) is 0 Å². The van der Waals surface area contributed by atoms with E-state index in [0.29, 0.717) is 12.8 Å². The zero-order valence-corrected chi connectivity index (χ0v) is 8.74. The predicted octanol–water partition coefficient (Wildman–Crippen LogP) is 2.61. The number of methoxy groups -OCH3 is 1. The van der Waals surface area contributed by atoms with Gasteiger partial charge in [0.1, 0.15) is 16.6 Å². The molecule has 0 unspecified atom stereocenters. The zero-order chi connectivity index (χ0) is 11.2. The molecule has 1 aliphatic carbocycles. The lowest BCUT2D eigenvalue weighted by Gasteiger charge is -2.13. The molecule has 15 heavy (non-hydrogen) atoms. The molecule has 0 saturated heterocycles. The second-order valence-electron chi connectivity index (χ2n) is 3.60. The molecule has 0 bridgehead atoms. The van der Waals surface area contributed by atoms with Gasteiger partial charge in [-0.2, -0.15) is 0 Å². The summed E-state index contributed by atoms with van der Waals surface area (Å²) in [5.41, 5.74) is -1.74. The Balaban J connectivity index is 2.61. The van der Waals surface area contributed by atoms with Gasteiger partial charge < -0.3 is 9.84 Å². The second-order valence-corrected chi connectivity index (χ2v) is 3.97. The summed E-state index contributed by atoms with van der Waals surface area (Å²) >= 11 is 5.63. The van der Waals surface area contributed by atoms with E-state index in [2.05, 4.69) is 0 Å². The minimum absolute atomic E-state index is 0.0698. The van der Waals surface area contributed by atoms with Crippen molar-refractivity contribution in [1.29, 1.82) is 0 Å².